The van der Waals surface area contributed by atoms with E-state index in [0.29, 0.717) is 11.7 Å². The number of carboxylic acid groups (broad SMARTS) is 1. The molecule has 4 rings (SSSR count). The van der Waals surface area contributed by atoms with Gasteiger partial charge in [-0.05, 0) is 67.0 Å². The molecule has 28 heavy (non-hydrogen) atoms. The zero-order valence-corrected chi connectivity index (χ0v) is 16.6. The topological polar surface area (TPSA) is 65.5 Å². The number of fused-ring (bicyclic) bond motifs is 1. The molecule has 5 nitrogen and oxygen atoms in total. The fourth-order valence-electron chi connectivity index (χ4n) is 4.03. The predicted molar refractivity (Wildman–Crippen MR) is 113 cm³/mol. The first-order valence-corrected chi connectivity index (χ1v) is 10.5. The second-order valence-electron chi connectivity index (χ2n) is 8.01. The number of unbranched alkanes of at least 4 members (excludes halogenated alkanes) is 3. The molecule has 148 valence electrons. The van der Waals surface area contributed by atoms with Gasteiger partial charge >= 0.3 is 5.97 Å². The van der Waals surface area contributed by atoms with Gasteiger partial charge in [-0.25, -0.2) is 9.78 Å². The summed E-state index contributed by atoms with van der Waals surface area (Å²) in [7, 11) is 0. The molecule has 5 heteroatoms. The van der Waals surface area contributed by atoms with Crippen LogP contribution in [0.25, 0.3) is 0 Å². The summed E-state index contributed by atoms with van der Waals surface area (Å²) in [5, 5.41) is 12.8. The second kappa shape index (κ2) is 8.21. The predicted octanol–water partition coefficient (Wildman–Crippen LogP) is 5.34. The lowest BCUT2D eigenvalue weighted by Gasteiger charge is -2.19. The van der Waals surface area contributed by atoms with Gasteiger partial charge in [0.25, 0.3) is 0 Å². The van der Waals surface area contributed by atoms with E-state index < -0.39 is 5.97 Å². The van der Waals surface area contributed by atoms with E-state index in [4.69, 9.17) is 0 Å². The van der Waals surface area contributed by atoms with Crippen molar-refractivity contribution in [1.82, 2.24) is 4.98 Å². The number of aromatic nitrogens is 1. The molecular weight excluding hydrogens is 350 g/mol. The van der Waals surface area contributed by atoms with Crippen LogP contribution in [0.15, 0.2) is 30.5 Å². The van der Waals surface area contributed by atoms with Crippen molar-refractivity contribution >= 4 is 23.2 Å². The average molecular weight is 380 g/mol. The molecule has 0 saturated heterocycles. The van der Waals surface area contributed by atoms with Crippen LogP contribution in [0.3, 0.4) is 0 Å². The first kappa shape index (κ1) is 18.8. The minimum atomic E-state index is -0.933. The quantitative estimate of drug-likeness (QED) is 0.576. The molecule has 0 bridgehead atoms. The van der Waals surface area contributed by atoms with Crippen LogP contribution in [0.1, 0.15) is 72.9 Å². The molecule has 0 unspecified atom stereocenters. The maximum Gasteiger partial charge on any atom is 0.339 e. The summed E-state index contributed by atoms with van der Waals surface area (Å²) in [6.07, 6.45) is 10.2. The summed E-state index contributed by atoms with van der Waals surface area (Å²) < 4.78 is 0. The Labute approximate surface area is 166 Å². The monoisotopic (exact) mass is 379 g/mol. The smallest absolute Gasteiger partial charge is 0.339 e. The third-order valence-corrected chi connectivity index (χ3v) is 5.80. The number of anilines is 3. The van der Waals surface area contributed by atoms with E-state index in [1.165, 1.54) is 36.9 Å². The first-order valence-electron chi connectivity index (χ1n) is 10.5. The fraction of sp³-hybridized carbons (Fsp3) is 0.478. The standard InChI is InChI=1S/C23H29N3O2/c1-2-3-4-5-11-26-12-10-17-13-19(8-9-21(17)26)25-22-20(23(27)28)14-18(15-24-22)16-6-7-16/h8-9,13-16H,2-7,10-12H2,1H3,(H,24,25)(H,27,28). The molecule has 2 aromatic rings. The van der Waals surface area contributed by atoms with Gasteiger partial charge in [0.2, 0.25) is 0 Å². The van der Waals surface area contributed by atoms with E-state index in [-0.39, 0.29) is 5.56 Å². The van der Waals surface area contributed by atoms with Crippen molar-refractivity contribution in [2.45, 2.75) is 57.8 Å². The number of carboxylic acids is 1. The lowest BCUT2D eigenvalue weighted by Crippen LogP contribution is -2.21. The molecule has 1 aromatic heterocycles. The highest BCUT2D eigenvalue weighted by atomic mass is 16.4. The van der Waals surface area contributed by atoms with Crippen molar-refractivity contribution in [2.75, 3.05) is 23.3 Å². The van der Waals surface area contributed by atoms with Gasteiger partial charge in [-0.1, -0.05) is 26.2 Å². The third kappa shape index (κ3) is 4.13. The van der Waals surface area contributed by atoms with Crippen LogP contribution in [0.5, 0.6) is 0 Å². The highest BCUT2D eigenvalue weighted by molar-refractivity contribution is 5.94. The minimum Gasteiger partial charge on any atom is -0.478 e. The molecule has 1 saturated carbocycles. The number of carbonyl (C=O) groups is 1. The van der Waals surface area contributed by atoms with Gasteiger partial charge in [-0.15, -0.1) is 0 Å². The zero-order chi connectivity index (χ0) is 19.5. The fourth-order valence-corrected chi connectivity index (χ4v) is 4.03. The number of aromatic carboxylic acids is 1. The Bertz CT molecular complexity index is 861. The molecule has 1 fully saturated rings. The van der Waals surface area contributed by atoms with E-state index in [2.05, 4.69) is 34.3 Å². The maximum absolute atomic E-state index is 11.7. The SMILES string of the molecule is CCCCCCN1CCc2cc(Nc3ncc(C4CC4)cc3C(=O)O)ccc21. The van der Waals surface area contributed by atoms with Gasteiger partial charge in [0, 0.05) is 30.7 Å². The summed E-state index contributed by atoms with van der Waals surface area (Å²) >= 11 is 0. The van der Waals surface area contributed by atoms with E-state index in [1.807, 2.05) is 12.3 Å². The molecule has 2 N–H and O–H groups in total. The lowest BCUT2D eigenvalue weighted by molar-refractivity contribution is 0.0697. The zero-order valence-electron chi connectivity index (χ0n) is 16.6. The molecule has 2 heterocycles. The molecule has 0 spiro atoms. The Morgan fingerprint density at radius 2 is 2.11 bits per heavy atom. The van der Waals surface area contributed by atoms with Crippen LogP contribution in [0.4, 0.5) is 17.2 Å². The first-order chi connectivity index (χ1) is 13.7. The van der Waals surface area contributed by atoms with Crippen molar-refractivity contribution < 1.29 is 9.90 Å². The van der Waals surface area contributed by atoms with Crippen molar-refractivity contribution in [3.8, 4) is 0 Å². The van der Waals surface area contributed by atoms with Gasteiger partial charge in [-0.3, -0.25) is 0 Å². The number of hydrogen-bond acceptors (Lipinski definition) is 4. The lowest BCUT2D eigenvalue weighted by atomic mass is 10.1. The number of benzene rings is 1. The maximum atomic E-state index is 11.7. The van der Waals surface area contributed by atoms with Crippen LogP contribution in [-0.2, 0) is 6.42 Å². The Hall–Kier alpha value is -2.56. The van der Waals surface area contributed by atoms with Gasteiger partial charge in [-0.2, -0.15) is 0 Å². The van der Waals surface area contributed by atoms with Gasteiger partial charge in [0.05, 0.1) is 0 Å². The van der Waals surface area contributed by atoms with Crippen LogP contribution in [-0.4, -0.2) is 29.1 Å². The Morgan fingerprint density at radius 1 is 1.25 bits per heavy atom. The third-order valence-electron chi connectivity index (χ3n) is 5.80. The number of rotatable bonds is 9. The van der Waals surface area contributed by atoms with Crippen LogP contribution in [0, 0.1) is 0 Å². The Balaban J connectivity index is 1.47. The molecule has 0 amide bonds. The summed E-state index contributed by atoms with van der Waals surface area (Å²) in [5.74, 6) is -0.0221. The summed E-state index contributed by atoms with van der Waals surface area (Å²) in [4.78, 5) is 18.6. The van der Waals surface area contributed by atoms with Gasteiger partial charge in [0.1, 0.15) is 11.4 Å². The Morgan fingerprint density at radius 3 is 2.86 bits per heavy atom. The van der Waals surface area contributed by atoms with Crippen LogP contribution in [0.2, 0.25) is 0 Å². The van der Waals surface area contributed by atoms with E-state index in [0.717, 1.165) is 43.6 Å². The summed E-state index contributed by atoms with van der Waals surface area (Å²) in [5.41, 5.74) is 4.84. The van der Waals surface area contributed by atoms with E-state index >= 15 is 0 Å². The molecule has 1 aliphatic carbocycles. The highest BCUT2D eigenvalue weighted by Gasteiger charge is 2.26. The molecule has 1 aromatic carbocycles. The van der Waals surface area contributed by atoms with Gasteiger partial charge < -0.3 is 15.3 Å². The molecule has 0 atom stereocenters. The number of pyridine rings is 1. The van der Waals surface area contributed by atoms with Crippen molar-refractivity contribution in [3.05, 3.63) is 47.2 Å². The second-order valence-corrected chi connectivity index (χ2v) is 8.01. The highest BCUT2D eigenvalue weighted by Crippen LogP contribution is 2.40. The summed E-state index contributed by atoms with van der Waals surface area (Å²) in [6, 6.07) is 8.11. The van der Waals surface area contributed by atoms with Gasteiger partial charge in [0.15, 0.2) is 0 Å². The largest absolute Gasteiger partial charge is 0.478 e. The number of nitrogens with one attached hydrogen (secondary N) is 1. The molecule has 1 aliphatic heterocycles. The molecule has 0 radical (unpaired) electrons. The van der Waals surface area contributed by atoms with Crippen LogP contribution < -0.4 is 10.2 Å². The van der Waals surface area contributed by atoms with Crippen molar-refractivity contribution in [2.24, 2.45) is 0 Å². The number of hydrogen-bond donors (Lipinski definition) is 2. The van der Waals surface area contributed by atoms with Crippen LogP contribution >= 0.6 is 0 Å². The average Bonchev–Trinajstić information content (AvgIpc) is 3.47. The summed E-state index contributed by atoms with van der Waals surface area (Å²) in [6.45, 7) is 4.43. The molecule has 2 aliphatic rings. The van der Waals surface area contributed by atoms with E-state index in [9.17, 15) is 9.90 Å². The van der Waals surface area contributed by atoms with Crippen molar-refractivity contribution in [3.63, 3.8) is 0 Å². The van der Waals surface area contributed by atoms with E-state index in [1.54, 1.807) is 6.07 Å². The van der Waals surface area contributed by atoms with Crippen molar-refractivity contribution in [1.29, 1.82) is 0 Å². The normalized spacial score (nSPS) is 15.5. The minimum absolute atomic E-state index is 0.252. The molecular formula is C23H29N3O2. The number of nitrogens with zero attached hydrogens (tertiary/aromatic N) is 2. The Kier molecular flexibility index (Phi) is 5.51.